The van der Waals surface area contributed by atoms with Crippen LogP contribution in [-0.4, -0.2) is 30.8 Å². The Kier molecular flexibility index (Phi) is 6.82. The number of aromatic nitrogens is 1. The lowest BCUT2D eigenvalue weighted by molar-refractivity contribution is 0.108. The van der Waals surface area contributed by atoms with Gasteiger partial charge in [-0.05, 0) is 25.0 Å². The highest BCUT2D eigenvalue weighted by Crippen LogP contribution is 2.02. The third-order valence-electron chi connectivity index (χ3n) is 2.82. The van der Waals surface area contributed by atoms with E-state index in [0.717, 1.165) is 31.9 Å². The molecule has 0 aliphatic heterocycles. The first kappa shape index (κ1) is 14.1. The van der Waals surface area contributed by atoms with Crippen molar-refractivity contribution in [2.24, 2.45) is 5.92 Å². The fourth-order valence-corrected chi connectivity index (χ4v) is 1.66. The summed E-state index contributed by atoms with van der Waals surface area (Å²) in [7, 11) is 0. The average molecular weight is 236 g/mol. The summed E-state index contributed by atoms with van der Waals surface area (Å²) < 4.78 is 5.48. The zero-order valence-electron chi connectivity index (χ0n) is 11.1. The maximum absolute atomic E-state index is 5.48. The maximum atomic E-state index is 5.48. The van der Waals surface area contributed by atoms with Gasteiger partial charge in [0.1, 0.15) is 0 Å². The van der Waals surface area contributed by atoms with Crippen molar-refractivity contribution in [2.75, 3.05) is 19.8 Å². The van der Waals surface area contributed by atoms with Crippen molar-refractivity contribution in [3.63, 3.8) is 0 Å². The van der Waals surface area contributed by atoms with Crippen molar-refractivity contribution < 1.29 is 4.74 Å². The smallest absolute Gasteiger partial charge is 0.0621 e. The molecule has 0 aliphatic carbocycles. The van der Waals surface area contributed by atoms with E-state index in [1.54, 1.807) is 0 Å². The molecule has 0 aromatic carbocycles. The Balaban J connectivity index is 2.27. The van der Waals surface area contributed by atoms with Gasteiger partial charge in [0.2, 0.25) is 0 Å². The summed E-state index contributed by atoms with van der Waals surface area (Å²) in [6, 6.07) is 6.47. The van der Waals surface area contributed by atoms with Crippen LogP contribution in [0.15, 0.2) is 24.4 Å². The zero-order valence-corrected chi connectivity index (χ0v) is 11.1. The summed E-state index contributed by atoms with van der Waals surface area (Å²) in [4.78, 5) is 4.31. The number of nitrogens with zero attached hydrogens (tertiary/aromatic N) is 1. The second kappa shape index (κ2) is 8.20. The molecule has 0 bridgehead atoms. The summed E-state index contributed by atoms with van der Waals surface area (Å²) in [5.74, 6) is 0.588. The molecule has 1 heterocycles. The SMILES string of the molecule is CCOCC(NCCc1ccccn1)C(C)C. The Morgan fingerprint density at radius 1 is 1.35 bits per heavy atom. The Labute approximate surface area is 105 Å². The Morgan fingerprint density at radius 3 is 2.76 bits per heavy atom. The van der Waals surface area contributed by atoms with Gasteiger partial charge in [0.15, 0.2) is 0 Å². The van der Waals surface area contributed by atoms with Gasteiger partial charge in [-0.15, -0.1) is 0 Å². The molecule has 1 aromatic rings. The van der Waals surface area contributed by atoms with Gasteiger partial charge in [-0.3, -0.25) is 4.98 Å². The highest BCUT2D eigenvalue weighted by Gasteiger charge is 2.12. The molecule has 1 rings (SSSR count). The third kappa shape index (κ3) is 5.80. The highest BCUT2D eigenvalue weighted by atomic mass is 16.5. The number of ether oxygens (including phenoxy) is 1. The molecule has 3 heteroatoms. The van der Waals surface area contributed by atoms with E-state index in [2.05, 4.69) is 30.2 Å². The van der Waals surface area contributed by atoms with Gasteiger partial charge in [0.25, 0.3) is 0 Å². The predicted molar refractivity (Wildman–Crippen MR) is 71.1 cm³/mol. The molecule has 3 nitrogen and oxygen atoms in total. The molecule has 0 saturated carbocycles. The lowest BCUT2D eigenvalue weighted by Crippen LogP contribution is -2.39. The lowest BCUT2D eigenvalue weighted by atomic mass is 10.1. The van der Waals surface area contributed by atoms with Gasteiger partial charge in [-0.2, -0.15) is 0 Å². The van der Waals surface area contributed by atoms with Crippen LogP contribution in [0.5, 0.6) is 0 Å². The van der Waals surface area contributed by atoms with Gasteiger partial charge in [0.05, 0.1) is 6.61 Å². The summed E-state index contributed by atoms with van der Waals surface area (Å²) in [6.45, 7) is 8.99. The maximum Gasteiger partial charge on any atom is 0.0621 e. The van der Waals surface area contributed by atoms with Gasteiger partial charge in [-0.25, -0.2) is 0 Å². The first-order chi connectivity index (χ1) is 8.24. The van der Waals surface area contributed by atoms with Crippen LogP contribution in [-0.2, 0) is 11.2 Å². The fraction of sp³-hybridized carbons (Fsp3) is 0.643. The number of pyridine rings is 1. The molecule has 0 amide bonds. The number of hydrogen-bond acceptors (Lipinski definition) is 3. The van der Waals surface area contributed by atoms with E-state index in [4.69, 9.17) is 4.74 Å². The molecular weight excluding hydrogens is 212 g/mol. The standard InChI is InChI=1S/C14H24N2O/c1-4-17-11-14(12(2)3)16-10-8-13-7-5-6-9-15-13/h5-7,9,12,14,16H,4,8,10-11H2,1-3H3. The summed E-state index contributed by atoms with van der Waals surface area (Å²) in [5.41, 5.74) is 1.14. The van der Waals surface area contributed by atoms with Crippen LogP contribution in [0.25, 0.3) is 0 Å². The molecule has 0 spiro atoms. The van der Waals surface area contributed by atoms with E-state index in [0.29, 0.717) is 12.0 Å². The molecule has 0 aliphatic rings. The van der Waals surface area contributed by atoms with E-state index >= 15 is 0 Å². The summed E-state index contributed by atoms with van der Waals surface area (Å²) >= 11 is 0. The Hall–Kier alpha value is -0.930. The van der Waals surface area contributed by atoms with E-state index in [1.807, 2.05) is 25.3 Å². The summed E-state index contributed by atoms with van der Waals surface area (Å²) in [6.07, 6.45) is 2.81. The third-order valence-corrected chi connectivity index (χ3v) is 2.82. The topological polar surface area (TPSA) is 34.1 Å². The second-order valence-electron chi connectivity index (χ2n) is 4.54. The molecule has 1 aromatic heterocycles. The van der Waals surface area contributed by atoms with Crippen LogP contribution >= 0.6 is 0 Å². The highest BCUT2D eigenvalue weighted by molar-refractivity contribution is 5.03. The molecule has 0 radical (unpaired) electrons. The van der Waals surface area contributed by atoms with Crippen molar-refractivity contribution >= 4 is 0 Å². The zero-order chi connectivity index (χ0) is 12.5. The van der Waals surface area contributed by atoms with Crippen LogP contribution in [0.1, 0.15) is 26.5 Å². The quantitative estimate of drug-likeness (QED) is 0.752. The van der Waals surface area contributed by atoms with Crippen molar-refractivity contribution in [2.45, 2.75) is 33.2 Å². The van der Waals surface area contributed by atoms with Crippen molar-refractivity contribution in [1.29, 1.82) is 0 Å². The first-order valence-corrected chi connectivity index (χ1v) is 6.45. The minimum Gasteiger partial charge on any atom is -0.380 e. The monoisotopic (exact) mass is 236 g/mol. The van der Waals surface area contributed by atoms with Gasteiger partial charge in [-0.1, -0.05) is 19.9 Å². The van der Waals surface area contributed by atoms with Crippen LogP contribution in [0.3, 0.4) is 0 Å². The van der Waals surface area contributed by atoms with Crippen molar-refractivity contribution in [3.8, 4) is 0 Å². The van der Waals surface area contributed by atoms with E-state index in [9.17, 15) is 0 Å². The van der Waals surface area contributed by atoms with Gasteiger partial charge >= 0.3 is 0 Å². The van der Waals surface area contributed by atoms with Gasteiger partial charge < -0.3 is 10.1 Å². The van der Waals surface area contributed by atoms with Crippen molar-refractivity contribution in [3.05, 3.63) is 30.1 Å². The first-order valence-electron chi connectivity index (χ1n) is 6.45. The Morgan fingerprint density at radius 2 is 2.18 bits per heavy atom. The van der Waals surface area contributed by atoms with E-state index in [-0.39, 0.29) is 0 Å². The molecule has 1 unspecified atom stereocenters. The average Bonchev–Trinajstić information content (AvgIpc) is 2.34. The normalized spacial score (nSPS) is 12.9. The number of nitrogens with one attached hydrogen (secondary N) is 1. The van der Waals surface area contributed by atoms with Crippen LogP contribution in [0.2, 0.25) is 0 Å². The van der Waals surface area contributed by atoms with Crippen molar-refractivity contribution in [1.82, 2.24) is 10.3 Å². The second-order valence-corrected chi connectivity index (χ2v) is 4.54. The summed E-state index contributed by atoms with van der Waals surface area (Å²) in [5, 5.41) is 3.54. The van der Waals surface area contributed by atoms with E-state index in [1.165, 1.54) is 0 Å². The Bertz CT molecular complexity index is 288. The minimum atomic E-state index is 0.429. The predicted octanol–water partition coefficient (Wildman–Crippen LogP) is 2.27. The largest absolute Gasteiger partial charge is 0.380 e. The number of rotatable bonds is 8. The molecule has 0 saturated heterocycles. The van der Waals surface area contributed by atoms with Crippen LogP contribution in [0, 0.1) is 5.92 Å². The van der Waals surface area contributed by atoms with Crippen LogP contribution < -0.4 is 5.32 Å². The van der Waals surface area contributed by atoms with E-state index < -0.39 is 0 Å². The minimum absolute atomic E-state index is 0.429. The van der Waals surface area contributed by atoms with Crippen LogP contribution in [0.4, 0.5) is 0 Å². The fourth-order valence-electron chi connectivity index (χ4n) is 1.66. The molecule has 96 valence electrons. The molecule has 1 atom stereocenters. The molecule has 1 N–H and O–H groups in total. The van der Waals surface area contributed by atoms with Gasteiger partial charge in [0, 0.05) is 37.5 Å². The molecule has 17 heavy (non-hydrogen) atoms. The molecular formula is C14H24N2O. The number of hydrogen-bond donors (Lipinski definition) is 1. The molecule has 0 fully saturated rings. The lowest BCUT2D eigenvalue weighted by Gasteiger charge is -2.22.